The molecule has 0 bridgehead atoms. The van der Waals surface area contributed by atoms with Gasteiger partial charge in [0.1, 0.15) is 12.1 Å². The molecule has 0 unspecified atom stereocenters. The third-order valence-electron chi connectivity index (χ3n) is 5.67. The van der Waals surface area contributed by atoms with Crippen LogP contribution < -0.4 is 15.9 Å². The van der Waals surface area contributed by atoms with Crippen molar-refractivity contribution in [2.24, 2.45) is 5.92 Å². The molecule has 1 aliphatic heterocycles. The van der Waals surface area contributed by atoms with Crippen LogP contribution in [0.15, 0.2) is 47.7 Å². The second-order valence-corrected chi connectivity index (χ2v) is 7.67. The Morgan fingerprint density at radius 1 is 1.10 bits per heavy atom. The van der Waals surface area contributed by atoms with E-state index in [2.05, 4.69) is 30.6 Å². The zero-order valence-electron chi connectivity index (χ0n) is 17.0. The molecule has 5 heterocycles. The number of fused-ring (bicyclic) bond motifs is 2. The second-order valence-electron chi connectivity index (χ2n) is 7.67. The van der Waals surface area contributed by atoms with E-state index in [0.29, 0.717) is 30.8 Å². The molecule has 0 saturated carbocycles. The maximum absolute atomic E-state index is 12.5. The highest BCUT2D eigenvalue weighted by Crippen LogP contribution is 2.22. The van der Waals surface area contributed by atoms with E-state index in [1.807, 2.05) is 18.2 Å². The fourth-order valence-electron chi connectivity index (χ4n) is 3.96. The van der Waals surface area contributed by atoms with Crippen molar-refractivity contribution in [2.45, 2.75) is 25.8 Å². The lowest BCUT2D eigenvalue weighted by Crippen LogP contribution is -2.41. The van der Waals surface area contributed by atoms with Crippen molar-refractivity contribution in [1.29, 1.82) is 0 Å². The summed E-state index contributed by atoms with van der Waals surface area (Å²) < 4.78 is 4.62. The highest BCUT2D eigenvalue weighted by atomic mass is 16.2. The molecule has 1 saturated heterocycles. The van der Waals surface area contributed by atoms with E-state index in [1.165, 1.54) is 9.08 Å². The van der Waals surface area contributed by atoms with Crippen LogP contribution in [0.2, 0.25) is 0 Å². The molecule has 31 heavy (non-hydrogen) atoms. The van der Waals surface area contributed by atoms with Crippen molar-refractivity contribution < 1.29 is 4.79 Å². The SMILES string of the molecule is O=C(NCCCn1nc2ccccn2c1=O)C1CCN(c2ccc3nncn3n2)CC1. The number of aryl methyl sites for hydroxylation is 1. The Morgan fingerprint density at radius 3 is 2.81 bits per heavy atom. The number of aromatic nitrogens is 7. The Labute approximate surface area is 177 Å². The summed E-state index contributed by atoms with van der Waals surface area (Å²) in [6, 6.07) is 9.27. The molecule has 0 atom stereocenters. The molecule has 0 spiro atoms. The zero-order valence-corrected chi connectivity index (χ0v) is 17.0. The van der Waals surface area contributed by atoms with Crippen molar-refractivity contribution in [3.8, 4) is 0 Å². The minimum atomic E-state index is -0.160. The second kappa shape index (κ2) is 8.17. The van der Waals surface area contributed by atoms with Crippen LogP contribution in [0.25, 0.3) is 11.3 Å². The van der Waals surface area contributed by atoms with Gasteiger partial charge in [-0.05, 0) is 43.5 Å². The number of rotatable bonds is 6. The molecule has 11 nitrogen and oxygen atoms in total. The standard InChI is InChI=1S/C20H23N9O2/c30-19(21-9-3-11-28-20(31)27-10-2-1-4-18(27)25-28)15-7-12-26(13-8-15)17-6-5-16-23-22-14-29(16)24-17/h1-2,4-6,10,14-15H,3,7-9,11-13H2,(H,21,30). The predicted octanol–water partition coefficient (Wildman–Crippen LogP) is 0.357. The number of nitrogens with one attached hydrogen (secondary N) is 1. The van der Waals surface area contributed by atoms with Gasteiger partial charge in [-0.15, -0.1) is 20.4 Å². The molecule has 1 amide bonds. The molecule has 11 heteroatoms. The van der Waals surface area contributed by atoms with Gasteiger partial charge in [-0.2, -0.15) is 4.52 Å². The number of hydrogen-bond donors (Lipinski definition) is 1. The normalized spacial score (nSPS) is 15.0. The highest BCUT2D eigenvalue weighted by molar-refractivity contribution is 5.78. The smallest absolute Gasteiger partial charge is 0.350 e. The molecule has 1 N–H and O–H groups in total. The summed E-state index contributed by atoms with van der Waals surface area (Å²) in [7, 11) is 0. The molecule has 1 fully saturated rings. The number of hydrogen-bond acceptors (Lipinski definition) is 7. The molecule has 0 aromatic carbocycles. The van der Waals surface area contributed by atoms with E-state index in [9.17, 15) is 9.59 Å². The van der Waals surface area contributed by atoms with E-state index in [0.717, 1.165) is 31.7 Å². The number of carbonyl (C=O) groups is 1. The van der Waals surface area contributed by atoms with E-state index in [4.69, 9.17) is 0 Å². The first-order valence-corrected chi connectivity index (χ1v) is 10.4. The van der Waals surface area contributed by atoms with Crippen molar-refractivity contribution in [2.75, 3.05) is 24.5 Å². The molecule has 1 aliphatic rings. The molecule has 160 valence electrons. The van der Waals surface area contributed by atoms with Gasteiger partial charge in [0, 0.05) is 38.3 Å². The van der Waals surface area contributed by atoms with Gasteiger partial charge in [-0.3, -0.25) is 9.20 Å². The molecule has 0 radical (unpaired) electrons. The summed E-state index contributed by atoms with van der Waals surface area (Å²) in [6.45, 7) is 2.53. The highest BCUT2D eigenvalue weighted by Gasteiger charge is 2.25. The van der Waals surface area contributed by atoms with E-state index in [1.54, 1.807) is 29.2 Å². The number of nitrogens with zero attached hydrogens (tertiary/aromatic N) is 8. The van der Waals surface area contributed by atoms with Crippen LogP contribution in [0.1, 0.15) is 19.3 Å². The first-order valence-electron chi connectivity index (χ1n) is 10.4. The topological polar surface area (TPSA) is 115 Å². The van der Waals surface area contributed by atoms with Gasteiger partial charge in [0.05, 0.1) is 0 Å². The quantitative estimate of drug-likeness (QED) is 0.447. The number of anilines is 1. The third-order valence-corrected chi connectivity index (χ3v) is 5.67. The van der Waals surface area contributed by atoms with Gasteiger partial charge >= 0.3 is 5.69 Å². The van der Waals surface area contributed by atoms with Crippen LogP contribution in [0.5, 0.6) is 0 Å². The molecule has 0 aliphatic carbocycles. The van der Waals surface area contributed by atoms with Crippen molar-refractivity contribution in [3.63, 3.8) is 0 Å². The van der Waals surface area contributed by atoms with Crippen LogP contribution >= 0.6 is 0 Å². The summed E-state index contributed by atoms with van der Waals surface area (Å²) in [5.41, 5.74) is 1.18. The Bertz CT molecular complexity index is 1270. The van der Waals surface area contributed by atoms with E-state index in [-0.39, 0.29) is 17.5 Å². The molecule has 4 aromatic rings. The summed E-state index contributed by atoms with van der Waals surface area (Å²) >= 11 is 0. The van der Waals surface area contributed by atoms with Gasteiger partial charge in [0.15, 0.2) is 11.3 Å². The summed E-state index contributed by atoms with van der Waals surface area (Å²) in [6.07, 6.45) is 5.49. The fourth-order valence-corrected chi connectivity index (χ4v) is 3.96. The molecular weight excluding hydrogens is 398 g/mol. The Balaban J connectivity index is 1.09. The summed E-state index contributed by atoms with van der Waals surface area (Å²) in [5, 5.41) is 19.6. The molecule has 5 rings (SSSR count). The Morgan fingerprint density at radius 2 is 1.97 bits per heavy atom. The van der Waals surface area contributed by atoms with E-state index < -0.39 is 0 Å². The molecular formula is C20H23N9O2. The first-order chi connectivity index (χ1) is 15.2. The van der Waals surface area contributed by atoms with Crippen LogP contribution in [0.3, 0.4) is 0 Å². The van der Waals surface area contributed by atoms with Gasteiger partial charge in [0.25, 0.3) is 0 Å². The third kappa shape index (κ3) is 3.86. The zero-order chi connectivity index (χ0) is 21.2. The number of pyridine rings is 1. The maximum atomic E-state index is 12.5. The number of carbonyl (C=O) groups excluding carboxylic acids is 1. The largest absolute Gasteiger partial charge is 0.356 e. The van der Waals surface area contributed by atoms with Crippen molar-refractivity contribution in [3.05, 3.63) is 53.3 Å². The molecule has 4 aromatic heterocycles. The van der Waals surface area contributed by atoms with Gasteiger partial charge in [-0.25, -0.2) is 9.48 Å². The first kappa shape index (κ1) is 19.2. The number of amides is 1. The van der Waals surface area contributed by atoms with Crippen LogP contribution in [-0.2, 0) is 11.3 Å². The van der Waals surface area contributed by atoms with Crippen molar-refractivity contribution >= 4 is 23.0 Å². The van der Waals surface area contributed by atoms with E-state index >= 15 is 0 Å². The van der Waals surface area contributed by atoms with Crippen LogP contribution in [-0.4, -0.2) is 59.5 Å². The lowest BCUT2D eigenvalue weighted by Gasteiger charge is -2.32. The van der Waals surface area contributed by atoms with Crippen LogP contribution in [0.4, 0.5) is 5.82 Å². The average molecular weight is 421 g/mol. The lowest BCUT2D eigenvalue weighted by atomic mass is 9.96. The average Bonchev–Trinajstić information content (AvgIpc) is 3.41. The fraction of sp³-hybridized carbons (Fsp3) is 0.400. The lowest BCUT2D eigenvalue weighted by molar-refractivity contribution is -0.125. The summed E-state index contributed by atoms with van der Waals surface area (Å²) in [5.74, 6) is 0.932. The van der Waals surface area contributed by atoms with Gasteiger partial charge in [-0.1, -0.05) is 6.07 Å². The summed E-state index contributed by atoms with van der Waals surface area (Å²) in [4.78, 5) is 27.0. The van der Waals surface area contributed by atoms with Crippen LogP contribution in [0, 0.1) is 5.92 Å². The minimum Gasteiger partial charge on any atom is -0.356 e. The van der Waals surface area contributed by atoms with Gasteiger partial charge in [0.2, 0.25) is 5.91 Å². The maximum Gasteiger partial charge on any atom is 0.350 e. The Hall–Kier alpha value is -3.76. The minimum absolute atomic E-state index is 0.00666. The van der Waals surface area contributed by atoms with Gasteiger partial charge < -0.3 is 10.2 Å². The van der Waals surface area contributed by atoms with Crippen molar-refractivity contribution in [1.82, 2.24) is 39.3 Å². The Kier molecular flexibility index (Phi) is 5.06. The predicted molar refractivity (Wildman–Crippen MR) is 113 cm³/mol. The monoisotopic (exact) mass is 421 g/mol. The number of piperidine rings is 1.